The molecule has 1 aromatic heterocycles. The highest BCUT2D eigenvalue weighted by Crippen LogP contribution is 2.47. The lowest BCUT2D eigenvalue weighted by Gasteiger charge is -2.42. The lowest BCUT2D eigenvalue weighted by Crippen LogP contribution is -2.53. The van der Waals surface area contributed by atoms with Crippen LogP contribution in [0, 0.1) is 0 Å². The summed E-state index contributed by atoms with van der Waals surface area (Å²) >= 11 is 0. The second-order valence-corrected chi connectivity index (χ2v) is 19.6. The Balaban J connectivity index is 1.69. The summed E-state index contributed by atoms with van der Waals surface area (Å²) in [5, 5.41) is 14.4. The van der Waals surface area contributed by atoms with E-state index < -0.39 is 32.0 Å². The summed E-state index contributed by atoms with van der Waals surface area (Å²) < 4.78 is 19.2. The minimum absolute atomic E-state index is 0.184. The lowest BCUT2D eigenvalue weighted by atomic mass is 9.97. The van der Waals surface area contributed by atoms with Gasteiger partial charge in [0.2, 0.25) is 0 Å². The van der Waals surface area contributed by atoms with E-state index in [-0.39, 0.29) is 19.0 Å². The largest absolute Gasteiger partial charge is 0.540 e. The SMILES string of the molecule is CC(C)[Si](Oc1c(OCc2ccccc2)ccc2ncc(N[C@H]3CCN(C(=O)OC(C)(C)C)[C@H](C(=O)O)C3)cc12)(C(C)C)C(C)C. The van der Waals surface area contributed by atoms with Crippen molar-refractivity contribution in [2.75, 3.05) is 11.9 Å². The first-order valence-corrected chi connectivity index (χ1v) is 18.5. The van der Waals surface area contributed by atoms with Crippen LogP contribution in [0.15, 0.2) is 54.7 Å². The van der Waals surface area contributed by atoms with Crippen molar-refractivity contribution in [2.24, 2.45) is 0 Å². The molecule has 2 atom stereocenters. The molecule has 0 aliphatic carbocycles. The molecule has 0 saturated carbocycles. The van der Waals surface area contributed by atoms with Crippen LogP contribution in [0.2, 0.25) is 16.6 Å². The predicted octanol–water partition coefficient (Wildman–Crippen LogP) is 8.63. The van der Waals surface area contributed by atoms with Crippen molar-refractivity contribution in [3.8, 4) is 11.5 Å². The summed E-state index contributed by atoms with van der Waals surface area (Å²) in [5.41, 5.74) is 2.94. The molecule has 1 aliphatic heterocycles. The Hall–Kier alpha value is -3.79. The van der Waals surface area contributed by atoms with E-state index in [1.807, 2.05) is 48.5 Å². The number of hydrogen-bond donors (Lipinski definition) is 2. The van der Waals surface area contributed by atoms with Gasteiger partial charge in [-0.3, -0.25) is 9.88 Å². The smallest absolute Gasteiger partial charge is 0.411 e. The van der Waals surface area contributed by atoms with Gasteiger partial charge < -0.3 is 24.3 Å². The van der Waals surface area contributed by atoms with Crippen LogP contribution >= 0.6 is 0 Å². The number of hydrogen-bond acceptors (Lipinski definition) is 7. The third-order valence-electron chi connectivity index (χ3n) is 8.89. The fourth-order valence-corrected chi connectivity index (χ4v) is 12.1. The Morgan fingerprint density at radius 3 is 2.26 bits per heavy atom. The maximum Gasteiger partial charge on any atom is 0.411 e. The van der Waals surface area contributed by atoms with Crippen LogP contribution in [-0.2, 0) is 16.1 Å². The molecule has 2 N–H and O–H groups in total. The van der Waals surface area contributed by atoms with Crippen LogP contribution in [0.3, 0.4) is 0 Å². The number of carbonyl (C=O) groups excluding carboxylic acids is 1. The number of anilines is 1. The molecule has 1 saturated heterocycles. The zero-order valence-electron chi connectivity index (χ0n) is 28.8. The summed E-state index contributed by atoms with van der Waals surface area (Å²) in [4.78, 5) is 31.1. The lowest BCUT2D eigenvalue weighted by molar-refractivity contribution is -0.144. The summed E-state index contributed by atoms with van der Waals surface area (Å²) in [6.07, 6.45) is 1.96. The van der Waals surface area contributed by atoms with Gasteiger partial charge in [0, 0.05) is 18.0 Å². The molecule has 1 amide bonds. The van der Waals surface area contributed by atoms with Gasteiger partial charge in [-0.2, -0.15) is 0 Å². The van der Waals surface area contributed by atoms with E-state index in [2.05, 4.69) is 46.9 Å². The zero-order valence-corrected chi connectivity index (χ0v) is 29.8. The molecule has 2 heterocycles. The topological polar surface area (TPSA) is 110 Å². The van der Waals surface area contributed by atoms with Crippen molar-refractivity contribution in [2.45, 2.75) is 116 Å². The molecule has 9 nitrogen and oxygen atoms in total. The molecule has 46 heavy (non-hydrogen) atoms. The Morgan fingerprint density at radius 1 is 1.02 bits per heavy atom. The quantitative estimate of drug-likeness (QED) is 0.199. The number of carboxylic acids is 1. The standard InChI is InChI=1S/C36H51N3O6Si/c1-23(2)46(24(3)4,25(5)6)45-33-29-19-28(21-37-30(29)15-16-32(33)43-22-26-13-11-10-12-14-26)38-27-17-18-39(31(20-27)34(40)41)35(42)44-36(7,8)9/h10-16,19,21,23-25,27,31,38H,17-18,20,22H2,1-9H3,(H,40,41)/t27-,31-/m0/s1. The summed E-state index contributed by atoms with van der Waals surface area (Å²) in [7, 11) is -2.39. The van der Waals surface area contributed by atoms with Gasteiger partial charge in [-0.25, -0.2) is 9.59 Å². The molecule has 10 heteroatoms. The van der Waals surface area contributed by atoms with E-state index in [1.165, 1.54) is 4.90 Å². The molecule has 0 spiro atoms. The predicted molar refractivity (Wildman–Crippen MR) is 185 cm³/mol. The normalized spacial score (nSPS) is 17.4. The average molecular weight is 650 g/mol. The Labute approximate surface area is 274 Å². The van der Waals surface area contributed by atoms with Gasteiger partial charge in [0.15, 0.2) is 11.5 Å². The van der Waals surface area contributed by atoms with Gasteiger partial charge in [0.1, 0.15) is 18.2 Å². The second kappa shape index (κ2) is 14.3. The Bertz CT molecular complexity index is 1480. The number of benzene rings is 2. The number of likely N-dealkylation sites (tertiary alicyclic amines) is 1. The number of carboxylic acid groups (broad SMARTS) is 1. The molecule has 1 aliphatic rings. The maximum atomic E-state index is 12.8. The molecule has 0 radical (unpaired) electrons. The molecular formula is C36H51N3O6Si. The summed E-state index contributed by atoms with van der Waals surface area (Å²) in [6, 6.07) is 14.8. The number of ether oxygens (including phenoxy) is 2. The van der Waals surface area contributed by atoms with Gasteiger partial charge >= 0.3 is 12.1 Å². The molecular weight excluding hydrogens is 598 g/mol. The number of carbonyl (C=O) groups is 2. The number of rotatable bonds is 11. The number of piperidine rings is 1. The van der Waals surface area contributed by atoms with E-state index in [4.69, 9.17) is 18.9 Å². The first-order valence-electron chi connectivity index (χ1n) is 16.4. The van der Waals surface area contributed by atoms with Crippen LogP contribution in [0.1, 0.15) is 80.7 Å². The van der Waals surface area contributed by atoms with Crippen molar-refractivity contribution in [3.63, 3.8) is 0 Å². The van der Waals surface area contributed by atoms with Crippen molar-refractivity contribution >= 4 is 37.0 Å². The minimum Gasteiger partial charge on any atom is -0.540 e. The van der Waals surface area contributed by atoms with Gasteiger partial charge in [-0.1, -0.05) is 71.9 Å². The molecule has 0 bridgehead atoms. The van der Waals surface area contributed by atoms with Gasteiger partial charge in [-0.05, 0) is 74.0 Å². The fraction of sp³-hybridized carbons (Fsp3) is 0.528. The number of aliphatic carboxylic acids is 1. The number of aromatic nitrogens is 1. The Kier molecular flexibility index (Phi) is 10.9. The first kappa shape index (κ1) is 35.1. The molecule has 0 unspecified atom stereocenters. The zero-order chi connectivity index (χ0) is 33.8. The van der Waals surface area contributed by atoms with Crippen LogP contribution < -0.4 is 14.5 Å². The summed E-state index contributed by atoms with van der Waals surface area (Å²) in [6.45, 7) is 19.5. The van der Waals surface area contributed by atoms with E-state index in [0.29, 0.717) is 41.2 Å². The monoisotopic (exact) mass is 649 g/mol. The molecule has 4 rings (SSSR count). The molecule has 3 aromatic rings. The third kappa shape index (κ3) is 7.94. The van der Waals surface area contributed by atoms with E-state index in [0.717, 1.165) is 22.2 Å². The van der Waals surface area contributed by atoms with Crippen molar-refractivity contribution in [1.29, 1.82) is 0 Å². The highest BCUT2D eigenvalue weighted by Gasteiger charge is 2.48. The molecule has 250 valence electrons. The Morgan fingerprint density at radius 2 is 1.67 bits per heavy atom. The van der Waals surface area contributed by atoms with E-state index >= 15 is 0 Å². The van der Waals surface area contributed by atoms with Gasteiger partial charge in [0.05, 0.1) is 17.4 Å². The van der Waals surface area contributed by atoms with Crippen LogP contribution in [0.4, 0.5) is 10.5 Å². The maximum absolute atomic E-state index is 12.8. The second-order valence-electron chi connectivity index (χ2n) is 14.3. The number of nitrogens with zero attached hydrogens (tertiary/aromatic N) is 2. The third-order valence-corrected chi connectivity index (χ3v) is 14.9. The van der Waals surface area contributed by atoms with Crippen LogP contribution in [0.5, 0.6) is 11.5 Å². The highest BCUT2D eigenvalue weighted by atomic mass is 28.4. The average Bonchev–Trinajstić information content (AvgIpc) is 2.98. The summed E-state index contributed by atoms with van der Waals surface area (Å²) in [5.74, 6) is 0.323. The van der Waals surface area contributed by atoms with Crippen molar-refractivity contribution < 1.29 is 28.6 Å². The highest BCUT2D eigenvalue weighted by molar-refractivity contribution is 6.78. The number of pyridine rings is 1. The van der Waals surface area contributed by atoms with E-state index in [9.17, 15) is 14.7 Å². The van der Waals surface area contributed by atoms with E-state index in [1.54, 1.807) is 27.0 Å². The number of fused-ring (bicyclic) bond motifs is 1. The minimum atomic E-state index is -2.39. The molecule has 2 aromatic carbocycles. The fourth-order valence-electron chi connectivity index (χ4n) is 6.82. The molecule has 1 fully saturated rings. The van der Waals surface area contributed by atoms with Crippen molar-refractivity contribution in [3.05, 3.63) is 60.3 Å². The number of nitrogens with one attached hydrogen (secondary N) is 1. The van der Waals surface area contributed by atoms with Crippen molar-refractivity contribution in [1.82, 2.24) is 9.88 Å². The first-order chi connectivity index (χ1) is 21.6. The van der Waals surface area contributed by atoms with Crippen LogP contribution in [-0.4, -0.2) is 59.6 Å². The van der Waals surface area contributed by atoms with Gasteiger partial charge in [0.25, 0.3) is 8.32 Å². The van der Waals surface area contributed by atoms with Gasteiger partial charge in [-0.15, -0.1) is 0 Å². The number of amides is 1. The van der Waals surface area contributed by atoms with Crippen LogP contribution in [0.25, 0.3) is 10.9 Å².